The van der Waals surface area contributed by atoms with Crippen molar-refractivity contribution in [2.24, 2.45) is 0 Å². The van der Waals surface area contributed by atoms with E-state index in [1.807, 2.05) is 30.1 Å². The van der Waals surface area contributed by atoms with Crippen molar-refractivity contribution in [1.82, 2.24) is 10.2 Å². The Morgan fingerprint density at radius 2 is 2.29 bits per heavy atom. The third-order valence-corrected chi connectivity index (χ3v) is 4.31. The molecule has 2 aliphatic rings. The quantitative estimate of drug-likeness (QED) is 0.883. The highest BCUT2D eigenvalue weighted by atomic mass is 16.2. The van der Waals surface area contributed by atoms with E-state index in [0.29, 0.717) is 12.0 Å². The molecular weight excluding hydrogens is 266 g/mol. The molecule has 1 saturated heterocycles. The van der Waals surface area contributed by atoms with E-state index in [-0.39, 0.29) is 17.9 Å². The summed E-state index contributed by atoms with van der Waals surface area (Å²) in [5, 5.41) is 5.97. The minimum atomic E-state index is 0.000584. The van der Waals surface area contributed by atoms with Crippen LogP contribution in [0.1, 0.15) is 35.2 Å². The summed E-state index contributed by atoms with van der Waals surface area (Å²) in [6.45, 7) is 1.65. The Bertz CT molecular complexity index is 569. The maximum Gasteiger partial charge on any atom is 0.254 e. The molecule has 2 aliphatic heterocycles. The summed E-state index contributed by atoms with van der Waals surface area (Å²) in [5.74, 6) is 0.0812. The number of piperidine rings is 1. The molecule has 1 aromatic rings. The molecule has 2 N–H and O–H groups in total. The summed E-state index contributed by atoms with van der Waals surface area (Å²) >= 11 is 0. The number of hydrogen-bond acceptors (Lipinski definition) is 3. The number of benzene rings is 1. The first-order chi connectivity index (χ1) is 10.2. The van der Waals surface area contributed by atoms with Crippen LogP contribution in [0.15, 0.2) is 18.2 Å². The maximum atomic E-state index is 12.8. The number of anilines is 1. The van der Waals surface area contributed by atoms with Crippen LogP contribution in [0.25, 0.3) is 0 Å². The Balaban J connectivity index is 1.81. The van der Waals surface area contributed by atoms with Crippen molar-refractivity contribution in [2.75, 3.05) is 25.5 Å². The van der Waals surface area contributed by atoms with Crippen molar-refractivity contribution in [2.45, 2.75) is 31.7 Å². The molecule has 3 rings (SSSR count). The van der Waals surface area contributed by atoms with Crippen molar-refractivity contribution >= 4 is 17.5 Å². The lowest BCUT2D eigenvalue weighted by molar-refractivity contribution is -0.115. The Morgan fingerprint density at radius 1 is 1.43 bits per heavy atom. The summed E-state index contributed by atoms with van der Waals surface area (Å²) < 4.78 is 0. The van der Waals surface area contributed by atoms with E-state index >= 15 is 0 Å². The first kappa shape index (κ1) is 14.1. The number of nitrogens with one attached hydrogen (secondary N) is 2. The third kappa shape index (κ3) is 2.78. The molecule has 5 heteroatoms. The number of likely N-dealkylation sites (N-methyl/N-ethyl adjacent to an activating group) is 1. The number of carbonyl (C=O) groups excluding carboxylic acids is 2. The highest BCUT2D eigenvalue weighted by Crippen LogP contribution is 2.26. The predicted molar refractivity (Wildman–Crippen MR) is 81.4 cm³/mol. The molecule has 0 aliphatic carbocycles. The van der Waals surface area contributed by atoms with E-state index < -0.39 is 0 Å². The third-order valence-electron chi connectivity index (χ3n) is 4.31. The van der Waals surface area contributed by atoms with Crippen molar-refractivity contribution in [1.29, 1.82) is 0 Å². The van der Waals surface area contributed by atoms with Gasteiger partial charge in [-0.2, -0.15) is 0 Å². The number of hydrogen-bond donors (Lipinski definition) is 2. The van der Waals surface area contributed by atoms with Gasteiger partial charge in [0.15, 0.2) is 0 Å². The van der Waals surface area contributed by atoms with Gasteiger partial charge in [-0.3, -0.25) is 9.59 Å². The summed E-state index contributed by atoms with van der Waals surface area (Å²) in [5.41, 5.74) is 2.45. The maximum absolute atomic E-state index is 12.8. The fraction of sp³-hybridized carbons (Fsp3) is 0.500. The van der Waals surface area contributed by atoms with Crippen LogP contribution in [-0.2, 0) is 11.2 Å². The molecule has 2 amide bonds. The van der Waals surface area contributed by atoms with Crippen LogP contribution in [0.5, 0.6) is 0 Å². The SMILES string of the molecule is CNCC1CCCCN1C(=O)c1ccc2c(c1)CC(=O)N2. The molecule has 0 bridgehead atoms. The summed E-state index contributed by atoms with van der Waals surface area (Å²) in [7, 11) is 1.92. The standard InChI is InChI=1S/C16H21N3O2/c1-17-10-13-4-2-3-7-19(13)16(21)11-5-6-14-12(8-11)9-15(20)18-14/h5-6,8,13,17H,2-4,7,9-10H2,1H3,(H,18,20). The molecule has 0 spiro atoms. The first-order valence-corrected chi connectivity index (χ1v) is 7.57. The number of amides is 2. The number of carbonyl (C=O) groups is 2. The van der Waals surface area contributed by atoms with E-state index in [4.69, 9.17) is 0 Å². The van der Waals surface area contributed by atoms with Crippen LogP contribution in [0.3, 0.4) is 0 Å². The lowest BCUT2D eigenvalue weighted by Crippen LogP contribution is -2.48. The van der Waals surface area contributed by atoms with Gasteiger partial charge in [-0.25, -0.2) is 0 Å². The Morgan fingerprint density at radius 3 is 3.10 bits per heavy atom. The average molecular weight is 287 g/mol. The van der Waals surface area contributed by atoms with Crippen LogP contribution in [0.2, 0.25) is 0 Å². The highest BCUT2D eigenvalue weighted by molar-refractivity contribution is 6.01. The van der Waals surface area contributed by atoms with Gasteiger partial charge in [0, 0.05) is 30.4 Å². The number of nitrogens with zero attached hydrogens (tertiary/aromatic N) is 1. The van der Waals surface area contributed by atoms with Crippen LogP contribution >= 0.6 is 0 Å². The number of fused-ring (bicyclic) bond motifs is 1. The van der Waals surface area contributed by atoms with Gasteiger partial charge >= 0.3 is 0 Å². The average Bonchev–Trinajstić information content (AvgIpc) is 2.86. The second kappa shape index (κ2) is 5.85. The van der Waals surface area contributed by atoms with Gasteiger partial charge in [0.1, 0.15) is 0 Å². The van der Waals surface area contributed by atoms with Crippen molar-refractivity contribution in [3.63, 3.8) is 0 Å². The van der Waals surface area contributed by atoms with Gasteiger partial charge in [0.25, 0.3) is 5.91 Å². The predicted octanol–water partition coefficient (Wildman–Crippen LogP) is 1.40. The zero-order valence-electron chi connectivity index (χ0n) is 12.3. The highest BCUT2D eigenvalue weighted by Gasteiger charge is 2.28. The van der Waals surface area contributed by atoms with Gasteiger partial charge in [-0.15, -0.1) is 0 Å². The molecule has 0 aromatic heterocycles. The van der Waals surface area contributed by atoms with Gasteiger partial charge < -0.3 is 15.5 Å². The normalized spacial score (nSPS) is 21.1. The van der Waals surface area contributed by atoms with Gasteiger partial charge in [-0.1, -0.05) is 0 Å². The smallest absolute Gasteiger partial charge is 0.254 e. The van der Waals surface area contributed by atoms with Crippen LogP contribution < -0.4 is 10.6 Å². The first-order valence-electron chi connectivity index (χ1n) is 7.57. The van der Waals surface area contributed by atoms with Crippen molar-refractivity contribution < 1.29 is 9.59 Å². The van der Waals surface area contributed by atoms with E-state index in [1.165, 1.54) is 6.42 Å². The van der Waals surface area contributed by atoms with Crippen LogP contribution in [0.4, 0.5) is 5.69 Å². The Kier molecular flexibility index (Phi) is 3.92. The second-order valence-electron chi connectivity index (χ2n) is 5.80. The van der Waals surface area contributed by atoms with E-state index in [9.17, 15) is 9.59 Å². The zero-order valence-corrected chi connectivity index (χ0v) is 12.3. The molecule has 112 valence electrons. The minimum absolute atomic E-state index is 0.000584. The molecule has 21 heavy (non-hydrogen) atoms. The zero-order chi connectivity index (χ0) is 14.8. The van der Waals surface area contributed by atoms with Crippen LogP contribution in [0, 0.1) is 0 Å². The minimum Gasteiger partial charge on any atom is -0.334 e. The number of likely N-dealkylation sites (tertiary alicyclic amines) is 1. The molecule has 5 nitrogen and oxygen atoms in total. The fourth-order valence-corrected chi connectivity index (χ4v) is 3.24. The molecule has 0 radical (unpaired) electrons. The fourth-order valence-electron chi connectivity index (χ4n) is 3.24. The number of rotatable bonds is 3. The lowest BCUT2D eigenvalue weighted by atomic mass is 10.00. The van der Waals surface area contributed by atoms with Crippen molar-refractivity contribution in [3.05, 3.63) is 29.3 Å². The molecule has 1 atom stereocenters. The Labute approximate surface area is 124 Å². The molecular formula is C16H21N3O2. The molecule has 2 heterocycles. The van der Waals surface area contributed by atoms with E-state index in [1.54, 1.807) is 0 Å². The molecule has 0 saturated carbocycles. The van der Waals surface area contributed by atoms with E-state index in [0.717, 1.165) is 37.2 Å². The monoisotopic (exact) mass is 287 g/mol. The summed E-state index contributed by atoms with van der Waals surface area (Å²) in [6.07, 6.45) is 3.67. The van der Waals surface area contributed by atoms with Gasteiger partial charge in [0.2, 0.25) is 5.91 Å². The second-order valence-corrected chi connectivity index (χ2v) is 5.80. The van der Waals surface area contributed by atoms with E-state index in [2.05, 4.69) is 10.6 Å². The van der Waals surface area contributed by atoms with Gasteiger partial charge in [-0.05, 0) is 50.1 Å². The lowest BCUT2D eigenvalue weighted by Gasteiger charge is -2.36. The Hall–Kier alpha value is -1.88. The topological polar surface area (TPSA) is 61.4 Å². The van der Waals surface area contributed by atoms with Crippen molar-refractivity contribution in [3.8, 4) is 0 Å². The molecule has 1 aromatic carbocycles. The molecule has 1 fully saturated rings. The molecule has 1 unspecified atom stereocenters. The summed E-state index contributed by atoms with van der Waals surface area (Å²) in [6, 6.07) is 5.78. The van der Waals surface area contributed by atoms with Gasteiger partial charge in [0.05, 0.1) is 6.42 Å². The summed E-state index contributed by atoms with van der Waals surface area (Å²) in [4.78, 5) is 26.1. The van der Waals surface area contributed by atoms with Crippen LogP contribution in [-0.4, -0.2) is 42.9 Å². The largest absolute Gasteiger partial charge is 0.334 e.